The molecule has 0 aromatic heterocycles. The molecule has 1 spiro atoms. The van der Waals surface area contributed by atoms with E-state index >= 15 is 0 Å². The first-order chi connectivity index (χ1) is 10.6. The van der Waals surface area contributed by atoms with Gasteiger partial charge in [0.2, 0.25) is 0 Å². The Hall–Kier alpha value is -1.45. The Balaban J connectivity index is 2.09. The van der Waals surface area contributed by atoms with Crippen LogP contribution in [0.5, 0.6) is 0 Å². The second kappa shape index (κ2) is 6.21. The molecule has 6 nitrogen and oxygen atoms in total. The topological polar surface area (TPSA) is 72.9 Å². The summed E-state index contributed by atoms with van der Waals surface area (Å²) >= 11 is 0. The average Bonchev–Trinajstić information content (AvgIpc) is 2.84. The summed E-state index contributed by atoms with van der Waals surface area (Å²) in [4.78, 5) is 13.6. The number of likely N-dealkylation sites (tertiary alicyclic amines) is 1. The fourth-order valence-corrected chi connectivity index (χ4v) is 3.55. The van der Waals surface area contributed by atoms with E-state index in [1.807, 2.05) is 0 Å². The van der Waals surface area contributed by atoms with Crippen LogP contribution in [-0.2, 0) is 19.0 Å². The number of hydrogen-bond acceptors (Lipinski definition) is 5. The van der Waals surface area contributed by atoms with Crippen molar-refractivity contribution in [2.75, 3.05) is 13.2 Å². The summed E-state index contributed by atoms with van der Waals surface area (Å²) in [6, 6.07) is 0. The van der Waals surface area contributed by atoms with E-state index in [2.05, 4.69) is 4.18 Å². The van der Waals surface area contributed by atoms with Crippen molar-refractivity contribution in [2.45, 2.75) is 50.1 Å². The van der Waals surface area contributed by atoms with Crippen molar-refractivity contribution in [3.8, 4) is 0 Å². The zero-order valence-corrected chi connectivity index (χ0v) is 13.4. The molecule has 0 radical (unpaired) electrons. The van der Waals surface area contributed by atoms with Crippen LogP contribution in [0.3, 0.4) is 0 Å². The SMILES string of the molecule is CCOC(=O)N1CCCC12CC=C(OS(=O)(=O)C(F)(F)F)CC2. The lowest BCUT2D eigenvalue weighted by Gasteiger charge is -2.39. The molecule has 0 aromatic carbocycles. The van der Waals surface area contributed by atoms with Gasteiger partial charge in [0, 0.05) is 13.0 Å². The van der Waals surface area contributed by atoms with Gasteiger partial charge in [-0.25, -0.2) is 4.79 Å². The molecule has 2 aliphatic rings. The smallest absolute Gasteiger partial charge is 0.450 e. The molecule has 2 rings (SSSR count). The highest BCUT2D eigenvalue weighted by Crippen LogP contribution is 2.42. The lowest BCUT2D eigenvalue weighted by Crippen LogP contribution is -2.48. The molecule has 23 heavy (non-hydrogen) atoms. The summed E-state index contributed by atoms with van der Waals surface area (Å²) in [6.07, 6.45) is 2.94. The van der Waals surface area contributed by atoms with Gasteiger partial charge in [0.25, 0.3) is 0 Å². The standard InChI is InChI=1S/C13H18F3NO5S/c1-2-21-11(18)17-9-3-6-12(17)7-4-10(5-8-12)22-23(19,20)13(14,15)16/h4H,2-3,5-9H2,1H3. The number of allylic oxidation sites excluding steroid dienone is 1. The maximum absolute atomic E-state index is 12.3. The van der Waals surface area contributed by atoms with Gasteiger partial charge in [-0.1, -0.05) is 0 Å². The zero-order valence-electron chi connectivity index (χ0n) is 12.6. The number of carbonyl (C=O) groups is 1. The van der Waals surface area contributed by atoms with Gasteiger partial charge in [0.15, 0.2) is 0 Å². The fourth-order valence-electron chi connectivity index (χ4n) is 3.02. The third-order valence-corrected chi connectivity index (χ3v) is 5.13. The van der Waals surface area contributed by atoms with E-state index in [-0.39, 0.29) is 25.2 Å². The summed E-state index contributed by atoms with van der Waals surface area (Å²) in [5.74, 6) is -0.233. The number of amides is 1. The minimum Gasteiger partial charge on any atom is -0.450 e. The number of rotatable bonds is 3. The minimum absolute atomic E-state index is 0.0191. The zero-order chi connectivity index (χ0) is 17.3. The third kappa shape index (κ3) is 3.56. The molecular formula is C13H18F3NO5S. The molecule has 1 saturated heterocycles. The largest absolute Gasteiger partial charge is 0.534 e. The molecule has 0 saturated carbocycles. The van der Waals surface area contributed by atoms with Gasteiger partial charge in [-0.3, -0.25) is 0 Å². The van der Waals surface area contributed by atoms with E-state index < -0.39 is 27.3 Å². The van der Waals surface area contributed by atoms with Gasteiger partial charge in [0.1, 0.15) is 5.76 Å². The van der Waals surface area contributed by atoms with E-state index in [1.54, 1.807) is 11.8 Å². The van der Waals surface area contributed by atoms with E-state index in [4.69, 9.17) is 4.74 Å². The first-order valence-electron chi connectivity index (χ1n) is 7.25. The number of ether oxygens (including phenoxy) is 1. The predicted octanol–water partition coefficient (Wildman–Crippen LogP) is 2.91. The van der Waals surface area contributed by atoms with Gasteiger partial charge in [-0.05, 0) is 38.7 Å². The van der Waals surface area contributed by atoms with E-state index in [9.17, 15) is 26.4 Å². The van der Waals surface area contributed by atoms with Crippen LogP contribution in [0.4, 0.5) is 18.0 Å². The molecule has 1 unspecified atom stereocenters. The molecule has 1 aliphatic carbocycles. The van der Waals surface area contributed by atoms with Crippen LogP contribution >= 0.6 is 0 Å². The van der Waals surface area contributed by atoms with Crippen molar-refractivity contribution >= 4 is 16.2 Å². The highest BCUT2D eigenvalue weighted by atomic mass is 32.2. The summed E-state index contributed by atoms with van der Waals surface area (Å²) in [7, 11) is -5.64. The molecule has 1 amide bonds. The van der Waals surface area contributed by atoms with Crippen molar-refractivity contribution in [1.29, 1.82) is 0 Å². The summed E-state index contributed by atoms with van der Waals surface area (Å²) in [5.41, 5.74) is -5.98. The van der Waals surface area contributed by atoms with Crippen molar-refractivity contribution in [3.05, 3.63) is 11.8 Å². The molecule has 1 fully saturated rings. The first-order valence-corrected chi connectivity index (χ1v) is 8.66. The summed E-state index contributed by atoms with van der Waals surface area (Å²) in [6.45, 7) is 2.44. The van der Waals surface area contributed by atoms with Crippen LogP contribution in [0.2, 0.25) is 0 Å². The van der Waals surface area contributed by atoms with E-state index in [0.29, 0.717) is 19.4 Å². The second-order valence-electron chi connectivity index (χ2n) is 5.54. The normalized spacial score (nSPS) is 25.4. The lowest BCUT2D eigenvalue weighted by atomic mass is 9.83. The van der Waals surface area contributed by atoms with Crippen molar-refractivity contribution < 1.29 is 35.3 Å². The number of carbonyl (C=O) groups excluding carboxylic acids is 1. The summed E-state index contributed by atoms with van der Waals surface area (Å²) < 4.78 is 68.2. The Labute approximate surface area is 132 Å². The monoisotopic (exact) mass is 357 g/mol. The molecule has 1 aliphatic heterocycles. The highest BCUT2D eigenvalue weighted by Gasteiger charge is 2.50. The molecular weight excluding hydrogens is 339 g/mol. The highest BCUT2D eigenvalue weighted by molar-refractivity contribution is 7.87. The van der Waals surface area contributed by atoms with Crippen LogP contribution < -0.4 is 0 Å². The number of nitrogens with zero attached hydrogens (tertiary/aromatic N) is 1. The van der Waals surface area contributed by atoms with Crippen LogP contribution in [0.25, 0.3) is 0 Å². The van der Waals surface area contributed by atoms with Crippen LogP contribution in [0.1, 0.15) is 39.0 Å². The van der Waals surface area contributed by atoms with Crippen LogP contribution in [0, 0.1) is 0 Å². The molecule has 0 N–H and O–H groups in total. The Morgan fingerprint density at radius 3 is 2.61 bits per heavy atom. The minimum atomic E-state index is -5.64. The van der Waals surface area contributed by atoms with Gasteiger partial charge < -0.3 is 13.8 Å². The molecule has 1 heterocycles. The van der Waals surface area contributed by atoms with Crippen LogP contribution in [-0.4, -0.2) is 43.6 Å². The number of halogens is 3. The number of alkyl halides is 3. The molecule has 0 aromatic rings. The quantitative estimate of drug-likeness (QED) is 0.574. The van der Waals surface area contributed by atoms with E-state index in [1.165, 1.54) is 6.08 Å². The number of hydrogen-bond donors (Lipinski definition) is 0. The lowest BCUT2D eigenvalue weighted by molar-refractivity contribution is -0.0525. The Morgan fingerprint density at radius 2 is 2.09 bits per heavy atom. The Morgan fingerprint density at radius 1 is 1.39 bits per heavy atom. The maximum Gasteiger partial charge on any atom is 0.534 e. The van der Waals surface area contributed by atoms with Crippen molar-refractivity contribution in [3.63, 3.8) is 0 Å². The van der Waals surface area contributed by atoms with Crippen molar-refractivity contribution in [2.24, 2.45) is 0 Å². The molecule has 1 atom stereocenters. The predicted molar refractivity (Wildman–Crippen MR) is 73.7 cm³/mol. The first kappa shape index (κ1) is 17.9. The van der Waals surface area contributed by atoms with Gasteiger partial charge >= 0.3 is 21.7 Å². The third-order valence-electron chi connectivity index (χ3n) is 4.13. The molecule has 132 valence electrons. The fraction of sp³-hybridized carbons (Fsp3) is 0.769. The summed E-state index contributed by atoms with van der Waals surface area (Å²) in [5, 5.41) is 0. The van der Waals surface area contributed by atoms with E-state index in [0.717, 1.165) is 6.42 Å². The van der Waals surface area contributed by atoms with Crippen molar-refractivity contribution in [1.82, 2.24) is 4.90 Å². The Kier molecular flexibility index (Phi) is 4.84. The molecule has 0 bridgehead atoms. The van der Waals surface area contributed by atoms with Gasteiger partial charge in [-0.15, -0.1) is 0 Å². The maximum atomic E-state index is 12.3. The Bertz CT molecular complexity index is 601. The molecule has 10 heteroatoms. The second-order valence-corrected chi connectivity index (χ2v) is 7.07. The van der Waals surface area contributed by atoms with Gasteiger partial charge in [0.05, 0.1) is 12.1 Å². The van der Waals surface area contributed by atoms with Gasteiger partial charge in [-0.2, -0.15) is 21.6 Å². The van der Waals surface area contributed by atoms with Crippen LogP contribution in [0.15, 0.2) is 11.8 Å². The average molecular weight is 357 g/mol.